The van der Waals surface area contributed by atoms with Gasteiger partial charge in [0.1, 0.15) is 0 Å². The third kappa shape index (κ3) is 176. The van der Waals surface area contributed by atoms with Gasteiger partial charge in [0.05, 0.1) is 0 Å². The van der Waals surface area contributed by atoms with Crippen molar-refractivity contribution >= 4 is 19.8 Å². The fourth-order valence-corrected chi connectivity index (χ4v) is 0. The molecule has 0 saturated heterocycles. The Morgan fingerprint density at radius 3 is 1.00 bits per heavy atom. The van der Waals surface area contributed by atoms with Crippen LogP contribution in [0, 0.1) is 24.2 Å². The summed E-state index contributed by atoms with van der Waals surface area (Å²) in [5, 5.41) is 0. The molecule has 0 amide bonds. The monoisotopic (exact) mass is 358 g/mol. The van der Waals surface area contributed by atoms with Crippen LogP contribution in [-0.4, -0.2) is 0 Å². The fraction of sp³-hybridized carbons (Fsp3) is 0.429. The summed E-state index contributed by atoms with van der Waals surface area (Å²) in [5.41, 5.74) is 0. The van der Waals surface area contributed by atoms with Crippen LogP contribution in [0.5, 0.6) is 0 Å². The Labute approximate surface area is 87.1 Å². The minimum absolute atomic E-state index is 0. The van der Waals surface area contributed by atoms with Gasteiger partial charge in [-0.2, -0.15) is 19.8 Å². The standard InChI is InChI=1S/C4H6.C3H3.Au.2H3P/c1-3-4-2;1-3-2;;;/h1-2H3;1H3;;2*1H3/q;-1;+1;;. The van der Waals surface area contributed by atoms with Gasteiger partial charge < -0.3 is 12.3 Å². The second kappa shape index (κ2) is 53.4. The van der Waals surface area contributed by atoms with Gasteiger partial charge in [0.25, 0.3) is 0 Å². The quantitative estimate of drug-likeness (QED) is 0.268. The molecule has 0 bridgehead atoms. The Morgan fingerprint density at radius 1 is 0.900 bits per heavy atom. The molecule has 0 fully saturated rings. The maximum atomic E-state index is 5.96. The van der Waals surface area contributed by atoms with Gasteiger partial charge in [-0.3, -0.25) is 0 Å². The van der Waals surface area contributed by atoms with E-state index < -0.39 is 0 Å². The van der Waals surface area contributed by atoms with Crippen LogP contribution in [0.15, 0.2) is 0 Å². The van der Waals surface area contributed by atoms with Gasteiger partial charge in [-0.25, -0.2) is 0 Å². The van der Waals surface area contributed by atoms with Crippen LogP contribution in [0.4, 0.5) is 0 Å². The van der Waals surface area contributed by atoms with Gasteiger partial charge in [-0.1, -0.05) is 0 Å². The van der Waals surface area contributed by atoms with E-state index in [9.17, 15) is 0 Å². The SMILES string of the molecule is CC#CC.P.P.[Au+].[C-]#CC. The molecule has 0 nitrogen and oxygen atoms in total. The molecule has 3 heteroatoms. The molecular formula is C7H15AuP2. The number of rotatable bonds is 0. The van der Waals surface area contributed by atoms with Crippen molar-refractivity contribution in [3.8, 4) is 17.8 Å². The Morgan fingerprint density at radius 2 is 1.00 bits per heavy atom. The summed E-state index contributed by atoms with van der Waals surface area (Å²) in [6.07, 6.45) is 5.96. The normalized spacial score (nSPS) is 2.20. The molecule has 64 valence electrons. The maximum Gasteiger partial charge on any atom is 1.00 e. The van der Waals surface area contributed by atoms with E-state index in [4.69, 9.17) is 6.42 Å². The molecular weight excluding hydrogens is 343 g/mol. The van der Waals surface area contributed by atoms with Crippen LogP contribution in [0.25, 0.3) is 0 Å². The molecule has 0 aliphatic carbocycles. The van der Waals surface area contributed by atoms with Crippen molar-refractivity contribution in [2.45, 2.75) is 20.8 Å². The van der Waals surface area contributed by atoms with Gasteiger partial charge >= 0.3 is 22.4 Å². The van der Waals surface area contributed by atoms with Crippen molar-refractivity contribution in [2.75, 3.05) is 0 Å². The van der Waals surface area contributed by atoms with E-state index in [1.807, 2.05) is 19.8 Å². The van der Waals surface area contributed by atoms with Crippen LogP contribution in [0.1, 0.15) is 20.8 Å². The van der Waals surface area contributed by atoms with Crippen molar-refractivity contribution in [2.24, 2.45) is 0 Å². The Kier molecular flexibility index (Phi) is 165. The van der Waals surface area contributed by atoms with E-state index in [-0.39, 0.29) is 42.2 Å². The zero-order chi connectivity index (χ0) is 6.12. The van der Waals surface area contributed by atoms with Gasteiger partial charge in [-0.15, -0.1) is 11.8 Å². The Hall–Kier alpha value is 0.720. The summed E-state index contributed by atoms with van der Waals surface area (Å²) in [5.74, 6) is 7.36. The molecule has 2 unspecified atom stereocenters. The minimum Gasteiger partial charge on any atom is -0.694 e. The molecule has 0 heterocycles. The van der Waals surface area contributed by atoms with Crippen LogP contribution >= 0.6 is 19.8 Å². The van der Waals surface area contributed by atoms with Gasteiger partial charge in [0.15, 0.2) is 0 Å². The smallest absolute Gasteiger partial charge is 0.694 e. The molecule has 0 N–H and O–H groups in total. The van der Waals surface area contributed by atoms with Crippen LogP contribution in [-0.2, 0) is 22.4 Å². The van der Waals surface area contributed by atoms with Crippen LogP contribution < -0.4 is 0 Å². The molecule has 0 spiro atoms. The topological polar surface area (TPSA) is 0 Å². The third-order valence-corrected chi connectivity index (χ3v) is 0.250. The summed E-state index contributed by atoms with van der Waals surface area (Å²) < 4.78 is 0. The van der Waals surface area contributed by atoms with Crippen LogP contribution in [0.3, 0.4) is 0 Å². The molecule has 0 aromatic carbocycles. The van der Waals surface area contributed by atoms with E-state index in [0.29, 0.717) is 0 Å². The summed E-state index contributed by atoms with van der Waals surface area (Å²) >= 11 is 0. The first-order chi connectivity index (χ1) is 3.33. The van der Waals surface area contributed by atoms with E-state index in [0.717, 1.165) is 0 Å². The van der Waals surface area contributed by atoms with E-state index in [1.54, 1.807) is 6.92 Å². The third-order valence-electron chi connectivity index (χ3n) is 0.250. The van der Waals surface area contributed by atoms with Crippen LogP contribution in [0.2, 0.25) is 0 Å². The van der Waals surface area contributed by atoms with Gasteiger partial charge in [-0.05, 0) is 20.8 Å². The van der Waals surface area contributed by atoms with Crippen molar-refractivity contribution in [3.63, 3.8) is 0 Å². The Bertz CT molecular complexity index is 99.0. The summed E-state index contributed by atoms with van der Waals surface area (Å²) in [6.45, 7) is 5.18. The predicted molar refractivity (Wildman–Crippen MR) is 54.1 cm³/mol. The second-order valence-corrected chi connectivity index (χ2v) is 0.750. The van der Waals surface area contributed by atoms with Gasteiger partial charge in [0, 0.05) is 0 Å². The van der Waals surface area contributed by atoms with E-state index >= 15 is 0 Å². The molecule has 0 aliphatic rings. The summed E-state index contributed by atoms with van der Waals surface area (Å²) in [6, 6.07) is 0. The number of hydrogen-bond acceptors (Lipinski definition) is 0. The fourth-order valence-electron chi connectivity index (χ4n) is 0. The largest absolute Gasteiger partial charge is 1.00 e. The average molecular weight is 358 g/mol. The van der Waals surface area contributed by atoms with E-state index in [2.05, 4.69) is 11.8 Å². The molecule has 0 aromatic heterocycles. The molecule has 0 radical (unpaired) electrons. The molecule has 2 atom stereocenters. The Balaban J connectivity index is -0.0000000131. The van der Waals surface area contributed by atoms with Crippen molar-refractivity contribution < 1.29 is 22.4 Å². The van der Waals surface area contributed by atoms with Crippen molar-refractivity contribution in [3.05, 3.63) is 6.42 Å². The van der Waals surface area contributed by atoms with Crippen molar-refractivity contribution in [1.29, 1.82) is 0 Å². The number of hydrogen-bond donors (Lipinski definition) is 0. The molecule has 0 rings (SSSR count). The minimum atomic E-state index is 0. The second-order valence-electron chi connectivity index (χ2n) is 0.750. The van der Waals surface area contributed by atoms with E-state index in [1.165, 1.54) is 0 Å². The summed E-state index contributed by atoms with van der Waals surface area (Å²) in [4.78, 5) is 0. The summed E-state index contributed by atoms with van der Waals surface area (Å²) in [7, 11) is 0. The molecule has 0 aliphatic heterocycles. The average Bonchev–Trinajstić information content (AvgIpc) is 1.69. The first-order valence-corrected chi connectivity index (χ1v) is 2.00. The van der Waals surface area contributed by atoms with Crippen molar-refractivity contribution in [1.82, 2.24) is 0 Å². The maximum absolute atomic E-state index is 5.96. The van der Waals surface area contributed by atoms with Gasteiger partial charge in [0.2, 0.25) is 0 Å². The zero-order valence-corrected chi connectivity index (χ0v) is 11.7. The first-order valence-electron chi connectivity index (χ1n) is 2.00. The molecule has 0 saturated carbocycles. The molecule has 10 heavy (non-hydrogen) atoms. The zero-order valence-electron chi connectivity index (χ0n) is 6.72. The predicted octanol–water partition coefficient (Wildman–Crippen LogP) is 1.74. The first kappa shape index (κ1) is 31.0. The molecule has 0 aromatic rings.